The molecule has 102 valence electrons. The van der Waals surface area contributed by atoms with Crippen LogP contribution in [0.2, 0.25) is 0 Å². The predicted octanol–water partition coefficient (Wildman–Crippen LogP) is 0.239. The van der Waals surface area contributed by atoms with Crippen molar-refractivity contribution < 1.29 is 14.7 Å². The molecule has 0 bridgehead atoms. The Labute approximate surface area is 109 Å². The van der Waals surface area contributed by atoms with Crippen molar-refractivity contribution in [1.82, 2.24) is 14.9 Å². The van der Waals surface area contributed by atoms with E-state index in [-0.39, 0.29) is 18.3 Å². The molecule has 1 amide bonds. The molecule has 0 aliphatic heterocycles. The number of carbonyl (C=O) groups is 2. The van der Waals surface area contributed by atoms with E-state index in [9.17, 15) is 14.4 Å². The summed E-state index contributed by atoms with van der Waals surface area (Å²) in [5.74, 6) is -1.50. The Hall–Kier alpha value is -2.18. The van der Waals surface area contributed by atoms with Crippen LogP contribution in [0.15, 0.2) is 17.2 Å². The van der Waals surface area contributed by atoms with Crippen molar-refractivity contribution in [2.24, 2.45) is 0 Å². The zero-order chi connectivity index (χ0) is 13.8. The summed E-state index contributed by atoms with van der Waals surface area (Å²) in [6, 6.07) is -0.0580. The van der Waals surface area contributed by atoms with E-state index in [4.69, 9.17) is 5.11 Å². The number of nitrogens with one attached hydrogen (secondary N) is 1. The quantitative estimate of drug-likeness (QED) is 0.811. The third kappa shape index (κ3) is 3.18. The molecule has 0 atom stereocenters. The highest BCUT2D eigenvalue weighted by molar-refractivity contribution is 5.94. The number of amides is 1. The van der Waals surface area contributed by atoms with Gasteiger partial charge < -0.3 is 15.0 Å². The van der Waals surface area contributed by atoms with Crippen LogP contribution >= 0.6 is 0 Å². The van der Waals surface area contributed by atoms with Gasteiger partial charge in [-0.1, -0.05) is 12.8 Å². The zero-order valence-corrected chi connectivity index (χ0v) is 10.3. The molecule has 0 radical (unpaired) electrons. The predicted molar refractivity (Wildman–Crippen MR) is 65.8 cm³/mol. The highest BCUT2D eigenvalue weighted by Gasteiger charge is 2.29. The fraction of sp³-hybridized carbons (Fsp3) is 0.500. The molecule has 1 aliphatic rings. The van der Waals surface area contributed by atoms with E-state index in [0.717, 1.165) is 31.9 Å². The van der Waals surface area contributed by atoms with Crippen LogP contribution < -0.4 is 5.56 Å². The van der Waals surface area contributed by atoms with E-state index in [0.29, 0.717) is 0 Å². The number of nitrogens with zero attached hydrogens (tertiary/aromatic N) is 2. The summed E-state index contributed by atoms with van der Waals surface area (Å²) < 4.78 is 0. The molecule has 1 saturated carbocycles. The smallest absolute Gasteiger partial charge is 0.323 e. The van der Waals surface area contributed by atoms with Crippen LogP contribution in [0.4, 0.5) is 0 Å². The average Bonchev–Trinajstić information content (AvgIpc) is 2.89. The van der Waals surface area contributed by atoms with Crippen molar-refractivity contribution in [3.05, 3.63) is 28.4 Å². The Bertz CT molecular complexity index is 514. The third-order valence-corrected chi connectivity index (χ3v) is 3.22. The topological polar surface area (TPSA) is 103 Å². The van der Waals surface area contributed by atoms with Gasteiger partial charge in [0.1, 0.15) is 12.2 Å². The lowest BCUT2D eigenvalue weighted by Gasteiger charge is -2.26. The molecule has 1 aromatic heterocycles. The number of aromatic amines is 1. The van der Waals surface area contributed by atoms with E-state index in [1.807, 2.05) is 0 Å². The molecular weight excluding hydrogens is 250 g/mol. The number of aromatic nitrogens is 2. The molecule has 1 heterocycles. The first-order valence-corrected chi connectivity index (χ1v) is 6.15. The van der Waals surface area contributed by atoms with Gasteiger partial charge in [0.15, 0.2) is 0 Å². The van der Waals surface area contributed by atoms with Gasteiger partial charge in [0, 0.05) is 12.2 Å². The first kappa shape index (κ1) is 13.3. The summed E-state index contributed by atoms with van der Waals surface area (Å²) in [6.07, 6.45) is 5.83. The van der Waals surface area contributed by atoms with Gasteiger partial charge in [-0.05, 0) is 12.8 Å². The van der Waals surface area contributed by atoms with Crippen LogP contribution in [0.25, 0.3) is 0 Å². The minimum Gasteiger partial charge on any atom is -0.480 e. The first-order valence-electron chi connectivity index (χ1n) is 6.15. The second-order valence-electron chi connectivity index (χ2n) is 4.56. The zero-order valence-electron chi connectivity index (χ0n) is 10.3. The molecular formula is C12H15N3O4. The SMILES string of the molecule is O=C(O)CN(C(=O)c1c[nH]c(=O)cn1)C1CCCC1. The Morgan fingerprint density at radius 1 is 1.42 bits per heavy atom. The van der Waals surface area contributed by atoms with Crippen molar-refractivity contribution in [2.75, 3.05) is 6.54 Å². The molecule has 19 heavy (non-hydrogen) atoms. The number of rotatable bonds is 4. The maximum Gasteiger partial charge on any atom is 0.323 e. The van der Waals surface area contributed by atoms with Crippen LogP contribution in [-0.4, -0.2) is 44.4 Å². The first-order chi connectivity index (χ1) is 9.08. The summed E-state index contributed by atoms with van der Waals surface area (Å²) in [7, 11) is 0. The Balaban J connectivity index is 2.21. The molecule has 1 fully saturated rings. The summed E-state index contributed by atoms with van der Waals surface area (Å²) >= 11 is 0. The van der Waals surface area contributed by atoms with Crippen molar-refractivity contribution in [2.45, 2.75) is 31.7 Å². The molecule has 1 aliphatic carbocycles. The molecule has 2 N–H and O–H groups in total. The van der Waals surface area contributed by atoms with E-state index in [2.05, 4.69) is 9.97 Å². The van der Waals surface area contributed by atoms with Crippen molar-refractivity contribution in [3.63, 3.8) is 0 Å². The van der Waals surface area contributed by atoms with Crippen LogP contribution in [-0.2, 0) is 4.79 Å². The molecule has 0 spiro atoms. The summed E-state index contributed by atoms with van der Waals surface area (Å²) in [5, 5.41) is 8.91. The Kier molecular flexibility index (Phi) is 3.94. The maximum atomic E-state index is 12.3. The van der Waals surface area contributed by atoms with Crippen LogP contribution in [0, 0.1) is 0 Å². The second kappa shape index (κ2) is 5.64. The molecule has 1 aromatic rings. The Morgan fingerprint density at radius 3 is 2.63 bits per heavy atom. The Morgan fingerprint density at radius 2 is 2.11 bits per heavy atom. The van der Waals surface area contributed by atoms with Crippen LogP contribution in [0.3, 0.4) is 0 Å². The van der Waals surface area contributed by atoms with Gasteiger partial charge in [0.25, 0.3) is 11.5 Å². The monoisotopic (exact) mass is 265 g/mol. The molecule has 7 nitrogen and oxygen atoms in total. The van der Waals surface area contributed by atoms with E-state index in [1.54, 1.807) is 0 Å². The van der Waals surface area contributed by atoms with Gasteiger partial charge >= 0.3 is 5.97 Å². The van der Waals surface area contributed by atoms with Gasteiger partial charge in [-0.2, -0.15) is 0 Å². The van der Waals surface area contributed by atoms with E-state index >= 15 is 0 Å². The summed E-state index contributed by atoms with van der Waals surface area (Å²) in [5.41, 5.74) is -0.338. The number of carbonyl (C=O) groups excluding carboxylic acids is 1. The highest BCUT2D eigenvalue weighted by Crippen LogP contribution is 2.24. The molecule has 0 aromatic carbocycles. The van der Waals surface area contributed by atoms with Crippen molar-refractivity contribution in [3.8, 4) is 0 Å². The number of H-pyrrole nitrogens is 1. The normalized spacial score (nSPS) is 15.4. The largest absolute Gasteiger partial charge is 0.480 e. The van der Waals surface area contributed by atoms with Gasteiger partial charge in [-0.25, -0.2) is 4.98 Å². The lowest BCUT2D eigenvalue weighted by molar-refractivity contribution is -0.138. The molecule has 2 rings (SSSR count). The van der Waals surface area contributed by atoms with Gasteiger partial charge in [0.2, 0.25) is 0 Å². The van der Waals surface area contributed by atoms with Gasteiger partial charge in [-0.15, -0.1) is 0 Å². The maximum absolute atomic E-state index is 12.3. The fourth-order valence-corrected chi connectivity index (χ4v) is 2.33. The number of hydrogen-bond donors (Lipinski definition) is 2. The standard InChI is InChI=1S/C12H15N3O4/c16-10-6-13-9(5-14-10)12(19)15(7-11(17)18)8-3-1-2-4-8/h5-6,8H,1-4,7H2,(H,14,16)(H,17,18). The number of carboxylic acids is 1. The minimum absolute atomic E-state index is 0.0580. The average molecular weight is 265 g/mol. The van der Waals surface area contributed by atoms with Crippen LogP contribution in [0.1, 0.15) is 36.2 Å². The van der Waals surface area contributed by atoms with E-state index < -0.39 is 17.4 Å². The fourth-order valence-electron chi connectivity index (χ4n) is 2.33. The minimum atomic E-state index is -1.05. The lowest BCUT2D eigenvalue weighted by atomic mass is 10.2. The molecule has 0 unspecified atom stereocenters. The van der Waals surface area contributed by atoms with Gasteiger partial charge in [0.05, 0.1) is 6.20 Å². The summed E-state index contributed by atoms with van der Waals surface area (Å²) in [4.78, 5) is 41.5. The molecule has 7 heteroatoms. The highest BCUT2D eigenvalue weighted by atomic mass is 16.4. The van der Waals surface area contributed by atoms with Crippen molar-refractivity contribution >= 4 is 11.9 Å². The second-order valence-corrected chi connectivity index (χ2v) is 4.56. The summed E-state index contributed by atoms with van der Waals surface area (Å²) in [6.45, 7) is -0.343. The number of hydrogen-bond acceptors (Lipinski definition) is 4. The lowest BCUT2D eigenvalue weighted by Crippen LogP contribution is -2.42. The third-order valence-electron chi connectivity index (χ3n) is 3.22. The number of aliphatic carboxylic acids is 1. The van der Waals surface area contributed by atoms with Crippen LogP contribution in [0.5, 0.6) is 0 Å². The van der Waals surface area contributed by atoms with Crippen molar-refractivity contribution in [1.29, 1.82) is 0 Å². The van der Waals surface area contributed by atoms with E-state index in [1.165, 1.54) is 11.1 Å². The number of carboxylic acid groups (broad SMARTS) is 1. The van der Waals surface area contributed by atoms with Gasteiger partial charge in [-0.3, -0.25) is 14.4 Å². The molecule has 0 saturated heterocycles.